The van der Waals surface area contributed by atoms with Crippen LogP contribution in [0.1, 0.15) is 24.4 Å². The Morgan fingerprint density at radius 1 is 0.972 bits per heavy atom. The molecule has 0 spiro atoms. The van der Waals surface area contributed by atoms with Gasteiger partial charge in [0.2, 0.25) is 5.82 Å². The number of alkyl halides is 3. The number of allylic oxidation sites excluding steroid dienone is 1. The first-order valence-electron chi connectivity index (χ1n) is 10.9. The smallest absolute Gasteiger partial charge is 0.406 e. The molecule has 4 aromatic rings. The first-order valence-corrected chi connectivity index (χ1v) is 10.9. The largest absolute Gasteiger partial charge is 0.573 e. The number of rotatable bonds is 5. The lowest BCUT2D eigenvalue weighted by Gasteiger charge is -2.35. The van der Waals surface area contributed by atoms with Crippen molar-refractivity contribution in [3.05, 3.63) is 102 Å². The SMILES string of the molecule is CC1=C(c2nc(-c3ccccc3)no2)C(c2ccccc2)NC(=O)N1c1cccc(OC(F)(F)F)c1. The number of carbonyl (C=O) groups is 1. The van der Waals surface area contributed by atoms with Gasteiger partial charge in [0.25, 0.3) is 5.89 Å². The van der Waals surface area contributed by atoms with Gasteiger partial charge < -0.3 is 14.6 Å². The number of benzene rings is 3. The summed E-state index contributed by atoms with van der Waals surface area (Å²) in [7, 11) is 0. The second-order valence-electron chi connectivity index (χ2n) is 7.96. The molecule has 1 N–H and O–H groups in total. The highest BCUT2D eigenvalue weighted by Gasteiger charge is 2.37. The minimum atomic E-state index is -4.87. The maximum absolute atomic E-state index is 13.2. The number of carbonyl (C=O) groups excluding carboxylic acids is 1. The molecule has 2 amide bonds. The Morgan fingerprint density at radius 3 is 2.36 bits per heavy atom. The van der Waals surface area contributed by atoms with E-state index in [0.29, 0.717) is 17.1 Å². The van der Waals surface area contributed by atoms with Crippen LogP contribution in [0.25, 0.3) is 17.0 Å². The van der Waals surface area contributed by atoms with E-state index < -0.39 is 24.2 Å². The van der Waals surface area contributed by atoms with E-state index in [1.165, 1.54) is 17.0 Å². The van der Waals surface area contributed by atoms with Crippen LogP contribution in [-0.2, 0) is 0 Å². The summed E-state index contributed by atoms with van der Waals surface area (Å²) < 4.78 is 48.0. The van der Waals surface area contributed by atoms with E-state index in [1.54, 1.807) is 6.92 Å². The van der Waals surface area contributed by atoms with Crippen molar-refractivity contribution in [2.75, 3.05) is 4.90 Å². The van der Waals surface area contributed by atoms with Gasteiger partial charge in [-0.3, -0.25) is 4.90 Å². The first kappa shape index (κ1) is 23.2. The normalized spacial score (nSPS) is 16.2. The van der Waals surface area contributed by atoms with Crippen LogP contribution in [0.4, 0.5) is 23.7 Å². The third kappa shape index (κ3) is 4.65. The molecular formula is C26H19F3N4O3. The van der Waals surface area contributed by atoms with Crippen molar-refractivity contribution in [1.82, 2.24) is 15.5 Å². The van der Waals surface area contributed by atoms with Crippen LogP contribution in [0, 0.1) is 0 Å². The number of hydrogen-bond donors (Lipinski definition) is 1. The molecule has 3 aromatic carbocycles. The van der Waals surface area contributed by atoms with Gasteiger partial charge in [0, 0.05) is 17.3 Å². The fraction of sp³-hybridized carbons (Fsp3) is 0.115. The second-order valence-corrected chi connectivity index (χ2v) is 7.96. The average molecular weight is 492 g/mol. The second kappa shape index (κ2) is 9.21. The molecule has 0 aliphatic carbocycles. The van der Waals surface area contributed by atoms with Crippen molar-refractivity contribution in [3.63, 3.8) is 0 Å². The molecule has 1 aliphatic rings. The Bertz CT molecular complexity index is 1420. The van der Waals surface area contributed by atoms with Gasteiger partial charge in [0.05, 0.1) is 17.3 Å². The third-order valence-electron chi connectivity index (χ3n) is 5.62. The van der Waals surface area contributed by atoms with Gasteiger partial charge in [-0.15, -0.1) is 13.2 Å². The highest BCUT2D eigenvalue weighted by Crippen LogP contribution is 2.40. The van der Waals surface area contributed by atoms with Crippen LogP contribution >= 0.6 is 0 Å². The molecule has 1 atom stereocenters. The molecule has 0 fully saturated rings. The maximum atomic E-state index is 13.2. The molecule has 7 nitrogen and oxygen atoms in total. The van der Waals surface area contributed by atoms with Gasteiger partial charge in [-0.1, -0.05) is 71.9 Å². The Labute approximate surface area is 203 Å². The lowest BCUT2D eigenvalue weighted by atomic mass is 9.94. The Balaban J connectivity index is 1.62. The Hall–Kier alpha value is -4.60. The molecule has 1 aromatic heterocycles. The summed E-state index contributed by atoms with van der Waals surface area (Å²) in [5, 5.41) is 7.01. The minimum Gasteiger partial charge on any atom is -0.406 e. The predicted molar refractivity (Wildman–Crippen MR) is 126 cm³/mol. The van der Waals surface area contributed by atoms with Gasteiger partial charge in [-0.05, 0) is 24.6 Å². The number of amides is 2. The van der Waals surface area contributed by atoms with Crippen LogP contribution in [0.15, 0.2) is 95.1 Å². The summed E-state index contributed by atoms with van der Waals surface area (Å²) in [5.41, 5.74) is 2.63. The standard InChI is InChI=1S/C26H19F3N4O3/c1-16-21(24-31-23(32-36-24)18-11-6-3-7-12-18)22(17-9-4-2-5-10-17)30-25(34)33(16)19-13-8-14-20(15-19)35-26(27,28)29/h2-15,22H,1H3,(H,30,34). The monoisotopic (exact) mass is 492 g/mol. The molecule has 36 heavy (non-hydrogen) atoms. The molecule has 0 radical (unpaired) electrons. The number of halogens is 3. The number of nitrogens with zero attached hydrogens (tertiary/aromatic N) is 3. The number of nitrogens with one attached hydrogen (secondary N) is 1. The Kier molecular flexibility index (Phi) is 5.93. The van der Waals surface area contributed by atoms with Crippen molar-refractivity contribution in [2.45, 2.75) is 19.3 Å². The summed E-state index contributed by atoms with van der Waals surface area (Å²) in [6.45, 7) is 1.67. The van der Waals surface area contributed by atoms with Crippen LogP contribution in [-0.4, -0.2) is 22.5 Å². The van der Waals surface area contributed by atoms with Crippen molar-refractivity contribution >= 4 is 17.3 Å². The topological polar surface area (TPSA) is 80.5 Å². The van der Waals surface area contributed by atoms with Gasteiger partial charge in [-0.25, -0.2) is 4.79 Å². The third-order valence-corrected chi connectivity index (χ3v) is 5.62. The van der Waals surface area contributed by atoms with Gasteiger partial charge >= 0.3 is 12.4 Å². The van der Waals surface area contributed by atoms with E-state index in [2.05, 4.69) is 20.2 Å². The summed E-state index contributed by atoms with van der Waals surface area (Å²) >= 11 is 0. The number of anilines is 1. The maximum Gasteiger partial charge on any atom is 0.573 e. The molecule has 1 aliphatic heterocycles. The molecule has 10 heteroatoms. The molecule has 0 bridgehead atoms. The predicted octanol–water partition coefficient (Wildman–Crippen LogP) is 6.34. The molecule has 2 heterocycles. The zero-order valence-electron chi connectivity index (χ0n) is 18.9. The zero-order valence-corrected chi connectivity index (χ0v) is 18.9. The summed E-state index contributed by atoms with van der Waals surface area (Å²) in [5.74, 6) is 0.0890. The summed E-state index contributed by atoms with van der Waals surface area (Å²) in [6, 6.07) is 22.5. The van der Waals surface area contributed by atoms with Crippen molar-refractivity contribution in [1.29, 1.82) is 0 Å². The molecule has 0 saturated heterocycles. The quantitative estimate of drug-likeness (QED) is 0.352. The van der Waals surface area contributed by atoms with Gasteiger partial charge in [0.15, 0.2) is 0 Å². The van der Waals surface area contributed by atoms with Crippen LogP contribution in [0.5, 0.6) is 5.75 Å². The van der Waals surface area contributed by atoms with E-state index >= 15 is 0 Å². The summed E-state index contributed by atoms with van der Waals surface area (Å²) in [6.07, 6.45) is -4.87. The highest BCUT2D eigenvalue weighted by molar-refractivity contribution is 6.01. The minimum absolute atomic E-state index is 0.174. The van der Waals surface area contributed by atoms with E-state index in [0.717, 1.165) is 23.3 Å². The van der Waals surface area contributed by atoms with Crippen LogP contribution < -0.4 is 15.0 Å². The van der Waals surface area contributed by atoms with Gasteiger partial charge in [0.1, 0.15) is 5.75 Å². The highest BCUT2D eigenvalue weighted by atomic mass is 19.4. The average Bonchev–Trinajstić information content (AvgIpc) is 3.34. The van der Waals surface area contributed by atoms with E-state index in [1.807, 2.05) is 60.7 Å². The number of ether oxygens (including phenoxy) is 1. The van der Waals surface area contributed by atoms with Crippen molar-refractivity contribution in [3.8, 4) is 17.1 Å². The van der Waals surface area contributed by atoms with Crippen molar-refractivity contribution < 1.29 is 27.2 Å². The molecular weight excluding hydrogens is 473 g/mol. The number of urea groups is 1. The molecule has 182 valence electrons. The molecule has 5 rings (SSSR count). The van der Waals surface area contributed by atoms with Gasteiger partial charge in [-0.2, -0.15) is 4.98 Å². The zero-order chi connectivity index (χ0) is 25.3. The first-order chi connectivity index (χ1) is 17.3. The van der Waals surface area contributed by atoms with Crippen molar-refractivity contribution in [2.24, 2.45) is 0 Å². The fourth-order valence-corrected chi connectivity index (χ4v) is 4.08. The van der Waals surface area contributed by atoms with Crippen LogP contribution in [0.2, 0.25) is 0 Å². The fourth-order valence-electron chi connectivity index (χ4n) is 4.08. The Morgan fingerprint density at radius 2 is 1.67 bits per heavy atom. The number of aromatic nitrogens is 2. The van der Waals surface area contributed by atoms with E-state index in [9.17, 15) is 18.0 Å². The van der Waals surface area contributed by atoms with Crippen LogP contribution in [0.3, 0.4) is 0 Å². The molecule has 1 unspecified atom stereocenters. The lowest BCUT2D eigenvalue weighted by molar-refractivity contribution is -0.274. The molecule has 0 saturated carbocycles. The summed E-state index contributed by atoms with van der Waals surface area (Å²) in [4.78, 5) is 19.1. The number of hydrogen-bond acceptors (Lipinski definition) is 5. The lowest BCUT2D eigenvalue weighted by Crippen LogP contribution is -2.46. The van der Waals surface area contributed by atoms with E-state index in [4.69, 9.17) is 4.52 Å². The van der Waals surface area contributed by atoms with E-state index in [-0.39, 0.29) is 11.6 Å².